The summed E-state index contributed by atoms with van der Waals surface area (Å²) in [5.41, 5.74) is -0.376. The van der Waals surface area contributed by atoms with Crippen LogP contribution in [0.25, 0.3) is 0 Å². The Morgan fingerprint density at radius 1 is 1.16 bits per heavy atom. The van der Waals surface area contributed by atoms with Crippen molar-refractivity contribution < 1.29 is 24.0 Å². The van der Waals surface area contributed by atoms with Gasteiger partial charge in [-0.3, -0.25) is 19.7 Å². The van der Waals surface area contributed by atoms with Crippen LogP contribution in [-0.2, 0) is 9.53 Å². The third-order valence-corrected chi connectivity index (χ3v) is 5.32. The van der Waals surface area contributed by atoms with Gasteiger partial charge in [-0.15, -0.1) is 11.3 Å². The average molecular weight is 470 g/mol. The van der Waals surface area contributed by atoms with Crippen LogP contribution in [0, 0.1) is 21.4 Å². The summed E-state index contributed by atoms with van der Waals surface area (Å²) in [7, 11) is 0. The maximum absolute atomic E-state index is 12.9. The number of amides is 1. The minimum atomic E-state index is -0.931. The van der Waals surface area contributed by atoms with E-state index < -0.39 is 34.9 Å². The maximum atomic E-state index is 12.9. The second-order valence-corrected chi connectivity index (χ2v) is 7.52. The number of halogens is 1. The quantitative estimate of drug-likeness (QED) is 0.236. The van der Waals surface area contributed by atoms with Gasteiger partial charge in [0.1, 0.15) is 16.1 Å². The van der Waals surface area contributed by atoms with Crippen LogP contribution >= 0.6 is 22.9 Å². The number of carbonyl (C=O) groups excluding carboxylic acids is 3. The van der Waals surface area contributed by atoms with E-state index in [0.29, 0.717) is 5.00 Å². The molecule has 0 aliphatic rings. The van der Waals surface area contributed by atoms with E-state index in [1.807, 2.05) is 6.07 Å². The van der Waals surface area contributed by atoms with Crippen molar-refractivity contribution in [2.24, 2.45) is 0 Å². The highest BCUT2D eigenvalue weighted by Gasteiger charge is 2.22. The van der Waals surface area contributed by atoms with Crippen LogP contribution in [0.1, 0.15) is 31.8 Å². The Labute approximate surface area is 190 Å². The summed E-state index contributed by atoms with van der Waals surface area (Å²) in [4.78, 5) is 47.8. The molecule has 0 aliphatic carbocycles. The van der Waals surface area contributed by atoms with E-state index in [0.717, 1.165) is 17.4 Å². The van der Waals surface area contributed by atoms with Crippen molar-refractivity contribution in [1.82, 2.24) is 0 Å². The molecule has 0 fully saturated rings. The average Bonchev–Trinajstić information content (AvgIpc) is 3.24. The number of thiophene rings is 1. The Morgan fingerprint density at radius 2 is 1.88 bits per heavy atom. The number of hydrogen-bond acceptors (Lipinski definition) is 8. The first-order valence-corrected chi connectivity index (χ1v) is 10.1. The van der Waals surface area contributed by atoms with E-state index in [2.05, 4.69) is 5.32 Å². The second-order valence-electron chi connectivity index (χ2n) is 6.20. The fourth-order valence-electron chi connectivity index (χ4n) is 2.67. The zero-order valence-corrected chi connectivity index (χ0v) is 17.6. The maximum Gasteiger partial charge on any atom is 0.339 e. The number of nitro groups is 1. The van der Waals surface area contributed by atoms with E-state index in [-0.39, 0.29) is 27.3 Å². The van der Waals surface area contributed by atoms with Crippen molar-refractivity contribution >= 4 is 51.3 Å². The third-order valence-electron chi connectivity index (χ3n) is 4.17. The zero-order chi connectivity index (χ0) is 23.3. The lowest BCUT2D eigenvalue weighted by atomic mass is 9.98. The van der Waals surface area contributed by atoms with Gasteiger partial charge in [-0.1, -0.05) is 29.8 Å². The first-order valence-electron chi connectivity index (χ1n) is 8.84. The predicted octanol–water partition coefficient (Wildman–Crippen LogP) is 4.21. The van der Waals surface area contributed by atoms with E-state index in [4.69, 9.17) is 21.6 Å². The number of nitro benzene ring substituents is 1. The molecule has 1 amide bonds. The summed E-state index contributed by atoms with van der Waals surface area (Å²) in [6, 6.07) is 12.7. The van der Waals surface area contributed by atoms with E-state index >= 15 is 0 Å². The van der Waals surface area contributed by atoms with Crippen LogP contribution in [0.4, 0.5) is 10.7 Å². The normalized spacial score (nSPS) is 10.1. The standard InChI is InChI=1S/C21H12ClN3O6S/c22-16-6-5-12(9-17(16)25(29)30)19(27)14-3-1-2-4-15(14)21(28)31-11-18(26)24-20-13(10-23)7-8-32-20/h1-9H,11H2,(H,24,26). The van der Waals surface area contributed by atoms with Gasteiger partial charge >= 0.3 is 5.97 Å². The Kier molecular flexibility index (Phi) is 6.94. The predicted molar refractivity (Wildman–Crippen MR) is 116 cm³/mol. The molecule has 0 spiro atoms. The van der Waals surface area contributed by atoms with E-state index in [1.165, 1.54) is 42.5 Å². The Balaban J connectivity index is 1.76. The Bertz CT molecular complexity index is 1280. The molecule has 0 saturated heterocycles. The number of anilines is 1. The number of esters is 1. The number of ketones is 1. The van der Waals surface area contributed by atoms with Crippen LogP contribution in [0.5, 0.6) is 0 Å². The second kappa shape index (κ2) is 9.82. The molecule has 0 radical (unpaired) electrons. The minimum absolute atomic E-state index is 0.0409. The van der Waals surface area contributed by atoms with Gasteiger partial charge in [0, 0.05) is 17.2 Å². The minimum Gasteiger partial charge on any atom is -0.452 e. The van der Waals surface area contributed by atoms with Crippen molar-refractivity contribution in [1.29, 1.82) is 5.26 Å². The topological polar surface area (TPSA) is 139 Å². The molecule has 0 bridgehead atoms. The molecular formula is C21H12ClN3O6S. The molecule has 1 N–H and O–H groups in total. The SMILES string of the molecule is N#Cc1ccsc1NC(=O)COC(=O)c1ccccc1C(=O)c1ccc(Cl)c([N+](=O)[O-])c1. The number of nitrogens with zero attached hydrogens (tertiary/aromatic N) is 2. The Morgan fingerprint density at radius 3 is 2.56 bits per heavy atom. The third kappa shape index (κ3) is 4.97. The van der Waals surface area contributed by atoms with Crippen molar-refractivity contribution in [2.45, 2.75) is 0 Å². The van der Waals surface area contributed by atoms with Crippen molar-refractivity contribution in [3.63, 3.8) is 0 Å². The van der Waals surface area contributed by atoms with Crippen LogP contribution in [0.15, 0.2) is 53.9 Å². The number of nitriles is 1. The summed E-state index contributed by atoms with van der Waals surface area (Å²) >= 11 is 6.93. The number of rotatable bonds is 7. The molecule has 0 saturated carbocycles. The van der Waals surface area contributed by atoms with Gasteiger partial charge in [-0.2, -0.15) is 5.26 Å². The smallest absolute Gasteiger partial charge is 0.339 e. The van der Waals surface area contributed by atoms with Crippen molar-refractivity contribution in [3.05, 3.63) is 91.3 Å². The van der Waals surface area contributed by atoms with Crippen LogP contribution < -0.4 is 5.32 Å². The molecule has 0 unspecified atom stereocenters. The van der Waals surface area contributed by atoms with Gasteiger partial charge in [-0.05, 0) is 29.6 Å². The first kappa shape index (κ1) is 22.6. The van der Waals surface area contributed by atoms with Gasteiger partial charge in [0.05, 0.1) is 16.1 Å². The lowest BCUT2D eigenvalue weighted by Gasteiger charge is -2.09. The van der Waals surface area contributed by atoms with Crippen LogP contribution in [0.2, 0.25) is 5.02 Å². The molecule has 160 valence electrons. The molecule has 3 rings (SSSR count). The molecule has 2 aromatic carbocycles. The number of benzene rings is 2. The van der Waals surface area contributed by atoms with Gasteiger partial charge in [0.15, 0.2) is 12.4 Å². The highest BCUT2D eigenvalue weighted by molar-refractivity contribution is 7.14. The van der Waals surface area contributed by atoms with Gasteiger partial charge in [0.2, 0.25) is 0 Å². The molecule has 11 heteroatoms. The Hall–Kier alpha value is -4.07. The van der Waals surface area contributed by atoms with Crippen LogP contribution in [0.3, 0.4) is 0 Å². The molecule has 1 aromatic heterocycles. The summed E-state index contributed by atoms with van der Waals surface area (Å²) < 4.78 is 5.01. The van der Waals surface area contributed by atoms with Crippen LogP contribution in [-0.4, -0.2) is 29.2 Å². The highest BCUT2D eigenvalue weighted by atomic mass is 35.5. The van der Waals surface area contributed by atoms with Gasteiger partial charge in [-0.25, -0.2) is 4.79 Å². The summed E-state index contributed by atoms with van der Waals surface area (Å²) in [6.07, 6.45) is 0. The molecule has 0 atom stereocenters. The van der Waals surface area contributed by atoms with E-state index in [9.17, 15) is 24.5 Å². The molecule has 1 heterocycles. The summed E-state index contributed by atoms with van der Waals surface area (Å²) in [6.45, 7) is -0.642. The largest absolute Gasteiger partial charge is 0.452 e. The fourth-order valence-corrected chi connectivity index (χ4v) is 3.61. The lowest BCUT2D eigenvalue weighted by Crippen LogP contribution is -2.22. The molecule has 3 aromatic rings. The van der Waals surface area contributed by atoms with Gasteiger partial charge < -0.3 is 10.1 Å². The molecule has 9 nitrogen and oxygen atoms in total. The number of hydrogen-bond donors (Lipinski definition) is 1. The number of nitrogens with one attached hydrogen (secondary N) is 1. The first-order chi connectivity index (χ1) is 15.3. The number of ether oxygens (including phenoxy) is 1. The fraction of sp³-hybridized carbons (Fsp3) is 0.0476. The monoisotopic (exact) mass is 469 g/mol. The lowest BCUT2D eigenvalue weighted by molar-refractivity contribution is -0.384. The number of carbonyl (C=O) groups is 3. The van der Waals surface area contributed by atoms with Gasteiger partial charge in [0.25, 0.3) is 11.6 Å². The summed E-state index contributed by atoms with van der Waals surface area (Å²) in [5.74, 6) is -2.24. The van der Waals surface area contributed by atoms with Crippen molar-refractivity contribution in [2.75, 3.05) is 11.9 Å². The molecular weight excluding hydrogens is 458 g/mol. The molecule has 32 heavy (non-hydrogen) atoms. The van der Waals surface area contributed by atoms with E-state index in [1.54, 1.807) is 5.38 Å². The molecule has 0 aliphatic heterocycles. The van der Waals surface area contributed by atoms with Crippen molar-refractivity contribution in [3.8, 4) is 6.07 Å². The highest BCUT2D eigenvalue weighted by Crippen LogP contribution is 2.27. The summed E-state index contributed by atoms with van der Waals surface area (Å²) in [5, 5.41) is 24.4. The zero-order valence-electron chi connectivity index (χ0n) is 16.0.